The van der Waals surface area contributed by atoms with Crippen molar-refractivity contribution in [2.75, 3.05) is 0 Å². The van der Waals surface area contributed by atoms with Gasteiger partial charge in [-0.1, -0.05) is 41.0 Å². The van der Waals surface area contributed by atoms with Gasteiger partial charge in [-0.3, -0.25) is 4.55 Å². The van der Waals surface area contributed by atoms with E-state index in [4.69, 9.17) is 0 Å². The van der Waals surface area contributed by atoms with Gasteiger partial charge in [-0.25, -0.2) is 0 Å². The third-order valence-corrected chi connectivity index (χ3v) is 5.33. The van der Waals surface area contributed by atoms with Gasteiger partial charge in [0.25, 0.3) is 10.1 Å². The molecule has 0 radical (unpaired) electrons. The molecule has 126 valence electrons. The number of hydrogen-bond donors (Lipinski definition) is 1. The Kier molecular flexibility index (Phi) is 5.82. The standard InChI is InChI=1S/C19H26O3S/c1-14(2)5-4-6-16-8-10-17(11-9-16)18-13-15(3)7-12-19(18)23(20,21)22/h5,7-8,12-13,17H,4,6,9-11H2,1-3H3,(H,20,21,22). The van der Waals surface area contributed by atoms with E-state index in [1.165, 1.54) is 17.2 Å². The molecule has 0 fully saturated rings. The lowest BCUT2D eigenvalue weighted by Crippen LogP contribution is -2.10. The Morgan fingerprint density at radius 2 is 2.09 bits per heavy atom. The number of hydrogen-bond acceptors (Lipinski definition) is 2. The first-order chi connectivity index (χ1) is 10.8. The van der Waals surface area contributed by atoms with Gasteiger partial charge in [-0.15, -0.1) is 0 Å². The van der Waals surface area contributed by atoms with Crippen LogP contribution in [0.2, 0.25) is 0 Å². The lowest BCUT2D eigenvalue weighted by Gasteiger charge is -2.24. The van der Waals surface area contributed by atoms with Gasteiger partial charge in [-0.2, -0.15) is 8.42 Å². The predicted octanol–water partition coefficient (Wildman–Crippen LogP) is 5.18. The smallest absolute Gasteiger partial charge is 0.282 e. The molecule has 2 rings (SSSR count). The van der Waals surface area contributed by atoms with E-state index in [-0.39, 0.29) is 10.8 Å². The molecular weight excluding hydrogens is 308 g/mol. The first-order valence-electron chi connectivity index (χ1n) is 8.16. The zero-order chi connectivity index (χ0) is 17.0. The van der Waals surface area contributed by atoms with Crippen molar-refractivity contribution in [1.82, 2.24) is 0 Å². The molecule has 0 aliphatic heterocycles. The third kappa shape index (κ3) is 5.05. The molecular formula is C19H26O3S. The Hall–Kier alpha value is -1.39. The maximum atomic E-state index is 11.6. The molecule has 23 heavy (non-hydrogen) atoms. The highest BCUT2D eigenvalue weighted by molar-refractivity contribution is 7.85. The van der Waals surface area contributed by atoms with E-state index >= 15 is 0 Å². The highest BCUT2D eigenvalue weighted by Crippen LogP contribution is 2.37. The van der Waals surface area contributed by atoms with Crippen LogP contribution in [0.15, 0.2) is 46.4 Å². The largest absolute Gasteiger partial charge is 0.294 e. The predicted molar refractivity (Wildman–Crippen MR) is 94.3 cm³/mol. The first kappa shape index (κ1) is 18.0. The average molecular weight is 334 g/mol. The fourth-order valence-electron chi connectivity index (χ4n) is 3.17. The Morgan fingerprint density at radius 3 is 2.65 bits per heavy atom. The van der Waals surface area contributed by atoms with Crippen LogP contribution >= 0.6 is 0 Å². The maximum Gasteiger partial charge on any atom is 0.294 e. The van der Waals surface area contributed by atoms with Crippen LogP contribution in [0.5, 0.6) is 0 Å². The Bertz CT molecular complexity index is 723. The molecule has 1 aromatic rings. The summed E-state index contributed by atoms with van der Waals surface area (Å²) in [5, 5.41) is 0. The van der Waals surface area contributed by atoms with Crippen LogP contribution in [-0.2, 0) is 10.1 Å². The van der Waals surface area contributed by atoms with E-state index in [2.05, 4.69) is 26.0 Å². The van der Waals surface area contributed by atoms with Gasteiger partial charge < -0.3 is 0 Å². The average Bonchev–Trinajstić information content (AvgIpc) is 2.46. The Morgan fingerprint density at radius 1 is 1.35 bits per heavy atom. The topological polar surface area (TPSA) is 54.4 Å². The summed E-state index contributed by atoms with van der Waals surface area (Å²) < 4.78 is 32.7. The first-order valence-corrected chi connectivity index (χ1v) is 9.60. The summed E-state index contributed by atoms with van der Waals surface area (Å²) in [5.74, 6) is 0.166. The van der Waals surface area contributed by atoms with Crippen molar-refractivity contribution < 1.29 is 13.0 Å². The van der Waals surface area contributed by atoms with Gasteiger partial charge in [0.15, 0.2) is 0 Å². The van der Waals surface area contributed by atoms with Crippen LogP contribution in [0.4, 0.5) is 0 Å². The van der Waals surface area contributed by atoms with Crippen molar-refractivity contribution in [1.29, 1.82) is 0 Å². The second-order valence-corrected chi connectivity index (χ2v) is 8.06. The molecule has 4 heteroatoms. The second kappa shape index (κ2) is 7.45. The van der Waals surface area contributed by atoms with Crippen molar-refractivity contribution in [3.63, 3.8) is 0 Å². The van der Waals surface area contributed by atoms with Gasteiger partial charge in [0.2, 0.25) is 0 Å². The molecule has 0 heterocycles. The van der Waals surface area contributed by atoms with Gasteiger partial charge >= 0.3 is 0 Å². The molecule has 0 spiro atoms. The molecule has 0 saturated heterocycles. The summed E-state index contributed by atoms with van der Waals surface area (Å²) in [6, 6.07) is 5.15. The third-order valence-electron chi connectivity index (χ3n) is 4.41. The van der Waals surface area contributed by atoms with Crippen LogP contribution in [0.1, 0.15) is 63.0 Å². The van der Waals surface area contributed by atoms with Crippen molar-refractivity contribution in [3.8, 4) is 0 Å². The number of rotatable bonds is 5. The monoisotopic (exact) mass is 334 g/mol. The summed E-state index contributed by atoms with van der Waals surface area (Å²) in [6.45, 7) is 6.17. The highest BCUT2D eigenvalue weighted by atomic mass is 32.2. The SMILES string of the molecule is CC(C)=CCCC1=CCC(c2cc(C)ccc2S(=O)(=O)O)CC1. The van der Waals surface area contributed by atoms with E-state index in [1.807, 2.05) is 13.0 Å². The highest BCUT2D eigenvalue weighted by Gasteiger charge is 2.23. The lowest BCUT2D eigenvalue weighted by atomic mass is 9.83. The zero-order valence-electron chi connectivity index (χ0n) is 14.2. The molecule has 1 aliphatic carbocycles. The zero-order valence-corrected chi connectivity index (χ0v) is 15.0. The summed E-state index contributed by atoms with van der Waals surface area (Å²) in [5.41, 5.74) is 4.58. The molecule has 1 aliphatic rings. The van der Waals surface area contributed by atoms with Crippen molar-refractivity contribution >= 4 is 10.1 Å². The summed E-state index contributed by atoms with van der Waals surface area (Å²) in [4.78, 5) is 0.0643. The molecule has 1 unspecified atom stereocenters. The fraction of sp³-hybridized carbons (Fsp3) is 0.474. The van der Waals surface area contributed by atoms with Gasteiger partial charge in [-0.05, 0) is 70.4 Å². The molecule has 0 aromatic heterocycles. The maximum absolute atomic E-state index is 11.6. The molecule has 1 N–H and O–H groups in total. The normalized spacial score (nSPS) is 18.4. The van der Waals surface area contributed by atoms with Crippen LogP contribution in [0.3, 0.4) is 0 Å². The molecule has 1 aromatic carbocycles. The van der Waals surface area contributed by atoms with E-state index in [1.54, 1.807) is 6.07 Å². The van der Waals surface area contributed by atoms with Crippen LogP contribution in [-0.4, -0.2) is 13.0 Å². The van der Waals surface area contributed by atoms with Crippen LogP contribution < -0.4 is 0 Å². The summed E-state index contributed by atoms with van der Waals surface area (Å²) in [7, 11) is -4.17. The number of allylic oxidation sites excluding steroid dienone is 4. The van der Waals surface area contributed by atoms with Crippen LogP contribution in [0, 0.1) is 6.92 Å². The minimum absolute atomic E-state index is 0.0643. The van der Waals surface area contributed by atoms with E-state index in [0.29, 0.717) is 0 Å². The molecule has 0 saturated carbocycles. The van der Waals surface area contributed by atoms with Gasteiger partial charge in [0, 0.05) is 0 Å². The van der Waals surface area contributed by atoms with E-state index < -0.39 is 10.1 Å². The van der Waals surface area contributed by atoms with E-state index in [9.17, 15) is 13.0 Å². The Labute approximate surface area is 139 Å². The minimum Gasteiger partial charge on any atom is -0.282 e. The lowest BCUT2D eigenvalue weighted by molar-refractivity contribution is 0.478. The minimum atomic E-state index is -4.17. The van der Waals surface area contributed by atoms with E-state index in [0.717, 1.165) is 43.2 Å². The molecule has 0 bridgehead atoms. The summed E-state index contributed by atoms with van der Waals surface area (Å²) in [6.07, 6.45) is 9.44. The number of aryl methyl sites for hydroxylation is 1. The second-order valence-electron chi connectivity index (χ2n) is 6.67. The van der Waals surface area contributed by atoms with Gasteiger partial charge in [0.1, 0.15) is 0 Å². The molecule has 3 nitrogen and oxygen atoms in total. The Balaban J connectivity index is 2.15. The number of benzene rings is 1. The molecule has 1 atom stereocenters. The fourth-order valence-corrected chi connectivity index (χ4v) is 3.93. The van der Waals surface area contributed by atoms with Crippen molar-refractivity contribution in [3.05, 3.63) is 52.6 Å². The van der Waals surface area contributed by atoms with Gasteiger partial charge in [0.05, 0.1) is 4.90 Å². The summed E-state index contributed by atoms with van der Waals surface area (Å²) >= 11 is 0. The van der Waals surface area contributed by atoms with Crippen LogP contribution in [0.25, 0.3) is 0 Å². The van der Waals surface area contributed by atoms with Crippen molar-refractivity contribution in [2.45, 2.75) is 63.7 Å². The quantitative estimate of drug-likeness (QED) is 0.596. The molecule has 0 amide bonds. The van der Waals surface area contributed by atoms with Crippen molar-refractivity contribution in [2.24, 2.45) is 0 Å².